The van der Waals surface area contributed by atoms with Crippen LogP contribution in [0.3, 0.4) is 0 Å². The van der Waals surface area contributed by atoms with Gasteiger partial charge in [-0.3, -0.25) is 4.79 Å². The van der Waals surface area contributed by atoms with Crippen LogP contribution in [0.15, 0.2) is 54.7 Å². The normalized spacial score (nSPS) is 13.1. The molecule has 2 aromatic heterocycles. The van der Waals surface area contributed by atoms with Crippen LogP contribution in [0.25, 0.3) is 16.7 Å². The molecule has 2 aromatic carbocycles. The third kappa shape index (κ3) is 2.81. The van der Waals surface area contributed by atoms with Crippen LogP contribution >= 0.6 is 11.6 Å². The molecule has 144 valence electrons. The van der Waals surface area contributed by atoms with E-state index in [1.54, 1.807) is 15.8 Å². The van der Waals surface area contributed by atoms with E-state index in [0.29, 0.717) is 28.2 Å². The molecule has 0 saturated heterocycles. The molecule has 0 aliphatic carbocycles. The molecule has 0 fully saturated rings. The Labute approximate surface area is 173 Å². The number of aromatic nitrogens is 3. The number of amides is 1. The lowest BCUT2D eigenvalue weighted by Gasteiger charge is -2.18. The summed E-state index contributed by atoms with van der Waals surface area (Å²) >= 11 is 6.73. The second-order valence-electron chi connectivity index (χ2n) is 7.35. The van der Waals surface area contributed by atoms with Gasteiger partial charge in [0.25, 0.3) is 5.91 Å². The number of benzene rings is 2. The maximum atomic E-state index is 13.3. The number of fused-ring (bicyclic) bond motifs is 2. The van der Waals surface area contributed by atoms with E-state index in [4.69, 9.17) is 11.6 Å². The minimum absolute atomic E-state index is 0.128. The summed E-state index contributed by atoms with van der Waals surface area (Å²) in [7, 11) is 0. The number of para-hydroxylation sites is 1. The first kappa shape index (κ1) is 17.9. The third-order valence-corrected chi connectivity index (χ3v) is 5.84. The number of carbonyl (C=O) groups is 1. The molecule has 3 heterocycles. The molecule has 5 nitrogen and oxygen atoms in total. The van der Waals surface area contributed by atoms with Gasteiger partial charge in [0, 0.05) is 18.4 Å². The largest absolute Gasteiger partial charge is 0.308 e. The highest BCUT2D eigenvalue weighted by Gasteiger charge is 2.28. The van der Waals surface area contributed by atoms with Crippen LogP contribution in [0.5, 0.6) is 0 Å². The van der Waals surface area contributed by atoms with Crippen molar-refractivity contribution in [2.24, 2.45) is 0 Å². The molecule has 5 rings (SSSR count). The fourth-order valence-corrected chi connectivity index (χ4v) is 4.27. The number of halogens is 1. The minimum Gasteiger partial charge on any atom is -0.308 e. The molecule has 0 spiro atoms. The maximum absolute atomic E-state index is 13.3. The highest BCUT2D eigenvalue weighted by Crippen LogP contribution is 2.34. The summed E-state index contributed by atoms with van der Waals surface area (Å²) in [5.74, 6) is -0.128. The minimum atomic E-state index is -0.128. The van der Waals surface area contributed by atoms with Crippen molar-refractivity contribution in [2.45, 2.75) is 20.3 Å². The Bertz CT molecular complexity index is 1260. The molecule has 6 heteroatoms. The van der Waals surface area contributed by atoms with Crippen LogP contribution in [0.1, 0.15) is 27.2 Å². The zero-order valence-corrected chi connectivity index (χ0v) is 16.9. The fourth-order valence-electron chi connectivity index (χ4n) is 3.92. The lowest BCUT2D eigenvalue weighted by molar-refractivity contribution is 0.0989. The lowest BCUT2D eigenvalue weighted by Crippen LogP contribution is -2.29. The Kier molecular flexibility index (Phi) is 4.14. The van der Waals surface area contributed by atoms with E-state index < -0.39 is 0 Å². The molecule has 1 aliphatic rings. The zero-order chi connectivity index (χ0) is 20.1. The molecule has 1 aliphatic heterocycles. The topological polar surface area (TPSA) is 51.0 Å². The standard InChI is InChI=1S/C23H19ClN4O/c1-14-7-9-17(10-8-14)28-22-20(15(2)26-28)21(24)18(13-25-22)23(29)27-12-11-16-5-3-4-6-19(16)27/h3-10,13H,11-12H2,1-2H3. The molecule has 29 heavy (non-hydrogen) atoms. The van der Waals surface area contributed by atoms with Crippen molar-refractivity contribution in [2.75, 3.05) is 11.4 Å². The van der Waals surface area contributed by atoms with Crippen LogP contribution in [0, 0.1) is 13.8 Å². The second kappa shape index (κ2) is 6.71. The van der Waals surface area contributed by atoms with Gasteiger partial charge in [0.2, 0.25) is 0 Å². The van der Waals surface area contributed by atoms with E-state index in [0.717, 1.165) is 23.5 Å². The van der Waals surface area contributed by atoms with Crippen molar-refractivity contribution in [3.8, 4) is 5.69 Å². The predicted molar refractivity (Wildman–Crippen MR) is 115 cm³/mol. The molecule has 0 radical (unpaired) electrons. The quantitative estimate of drug-likeness (QED) is 0.479. The first-order valence-electron chi connectivity index (χ1n) is 9.55. The Morgan fingerprint density at radius 3 is 2.62 bits per heavy atom. The summed E-state index contributed by atoms with van der Waals surface area (Å²) in [6.45, 7) is 4.58. The van der Waals surface area contributed by atoms with Gasteiger partial charge in [-0.2, -0.15) is 5.10 Å². The summed E-state index contributed by atoms with van der Waals surface area (Å²) < 4.78 is 1.77. The molecule has 0 saturated carbocycles. The van der Waals surface area contributed by atoms with Gasteiger partial charge >= 0.3 is 0 Å². The monoisotopic (exact) mass is 402 g/mol. The number of aryl methyl sites for hydroxylation is 2. The Hall–Kier alpha value is -3.18. The molecular formula is C23H19ClN4O. The van der Waals surface area contributed by atoms with Gasteiger partial charge in [-0.1, -0.05) is 47.5 Å². The number of rotatable bonds is 2. The van der Waals surface area contributed by atoms with E-state index in [1.165, 1.54) is 11.1 Å². The third-order valence-electron chi connectivity index (χ3n) is 5.45. The lowest BCUT2D eigenvalue weighted by atomic mass is 10.1. The molecular weight excluding hydrogens is 384 g/mol. The zero-order valence-electron chi connectivity index (χ0n) is 16.2. The number of anilines is 1. The van der Waals surface area contributed by atoms with Crippen molar-refractivity contribution in [3.05, 3.63) is 82.1 Å². The highest BCUT2D eigenvalue weighted by atomic mass is 35.5. The Morgan fingerprint density at radius 2 is 1.83 bits per heavy atom. The molecule has 4 aromatic rings. The number of nitrogens with zero attached hydrogens (tertiary/aromatic N) is 4. The van der Waals surface area contributed by atoms with Crippen LogP contribution in [0.4, 0.5) is 5.69 Å². The Balaban J connectivity index is 1.60. The van der Waals surface area contributed by atoms with Gasteiger partial charge in [0.15, 0.2) is 5.65 Å². The smallest absolute Gasteiger partial charge is 0.261 e. The number of carbonyl (C=O) groups excluding carboxylic acids is 1. The average molecular weight is 403 g/mol. The van der Waals surface area contributed by atoms with Crippen molar-refractivity contribution < 1.29 is 4.79 Å². The summed E-state index contributed by atoms with van der Waals surface area (Å²) in [5.41, 5.74) is 6.00. The SMILES string of the molecule is Cc1ccc(-n2nc(C)c3c(Cl)c(C(=O)N4CCc5ccccc54)cnc32)cc1. The summed E-state index contributed by atoms with van der Waals surface area (Å²) in [6, 6.07) is 16.0. The van der Waals surface area contributed by atoms with Crippen molar-refractivity contribution in [1.29, 1.82) is 0 Å². The predicted octanol–water partition coefficient (Wildman–Crippen LogP) is 4.89. The van der Waals surface area contributed by atoms with Gasteiger partial charge in [0.05, 0.1) is 27.4 Å². The first-order valence-corrected chi connectivity index (χ1v) is 9.93. The van der Waals surface area contributed by atoms with Crippen LogP contribution < -0.4 is 4.90 Å². The van der Waals surface area contributed by atoms with E-state index in [-0.39, 0.29) is 5.91 Å². The van der Waals surface area contributed by atoms with Gasteiger partial charge in [-0.15, -0.1) is 0 Å². The molecule has 0 N–H and O–H groups in total. The molecule has 0 unspecified atom stereocenters. The number of pyridine rings is 1. The van der Waals surface area contributed by atoms with Crippen molar-refractivity contribution >= 4 is 34.2 Å². The second-order valence-corrected chi connectivity index (χ2v) is 7.73. The van der Waals surface area contributed by atoms with Gasteiger partial charge < -0.3 is 4.90 Å². The van der Waals surface area contributed by atoms with E-state index >= 15 is 0 Å². The number of hydrogen-bond donors (Lipinski definition) is 0. The van der Waals surface area contributed by atoms with Crippen LogP contribution in [-0.2, 0) is 6.42 Å². The summed E-state index contributed by atoms with van der Waals surface area (Å²) in [4.78, 5) is 19.6. The van der Waals surface area contributed by atoms with Crippen molar-refractivity contribution in [3.63, 3.8) is 0 Å². The first-order chi connectivity index (χ1) is 14.0. The van der Waals surface area contributed by atoms with Crippen LogP contribution in [-0.4, -0.2) is 27.2 Å². The van der Waals surface area contributed by atoms with E-state index in [9.17, 15) is 4.79 Å². The van der Waals surface area contributed by atoms with Gasteiger partial charge in [-0.25, -0.2) is 9.67 Å². The van der Waals surface area contributed by atoms with Crippen molar-refractivity contribution in [1.82, 2.24) is 14.8 Å². The Morgan fingerprint density at radius 1 is 1.07 bits per heavy atom. The average Bonchev–Trinajstić information content (AvgIpc) is 3.30. The summed E-state index contributed by atoms with van der Waals surface area (Å²) in [6.07, 6.45) is 2.42. The molecule has 0 bridgehead atoms. The van der Waals surface area contributed by atoms with Crippen LogP contribution in [0.2, 0.25) is 5.02 Å². The van der Waals surface area contributed by atoms with E-state index in [1.807, 2.05) is 56.3 Å². The molecule has 1 amide bonds. The molecule has 0 atom stereocenters. The fraction of sp³-hybridized carbons (Fsp3) is 0.174. The number of hydrogen-bond acceptors (Lipinski definition) is 3. The van der Waals surface area contributed by atoms with Gasteiger partial charge in [0.1, 0.15) is 0 Å². The maximum Gasteiger partial charge on any atom is 0.261 e. The van der Waals surface area contributed by atoms with E-state index in [2.05, 4.69) is 16.1 Å². The summed E-state index contributed by atoms with van der Waals surface area (Å²) in [5, 5.41) is 5.75. The van der Waals surface area contributed by atoms with Gasteiger partial charge in [-0.05, 0) is 44.0 Å². The highest BCUT2D eigenvalue weighted by molar-refractivity contribution is 6.39.